The highest BCUT2D eigenvalue weighted by molar-refractivity contribution is 6.01. The summed E-state index contributed by atoms with van der Waals surface area (Å²) in [5, 5.41) is 1.35. The Hall–Kier alpha value is -2.55. The second kappa shape index (κ2) is 4.04. The van der Waals surface area contributed by atoms with Gasteiger partial charge in [0, 0.05) is 5.56 Å². The van der Waals surface area contributed by atoms with Crippen molar-refractivity contribution >= 4 is 11.9 Å². The Balaban J connectivity index is 2.59. The standard InChI is InChI=1S/C9H7FN4O4/c1-4-2-13(8(17)11-6(4)15)14-3-5(10)7(16)12-9(14)18/h2-3H,1H3,(H,11,15,17)(H,12,16,18)/p+1. The molecule has 18 heavy (non-hydrogen) atoms. The van der Waals surface area contributed by atoms with Gasteiger partial charge in [0.2, 0.25) is 5.83 Å². The van der Waals surface area contributed by atoms with E-state index in [2.05, 4.69) is 0 Å². The van der Waals surface area contributed by atoms with Crippen molar-refractivity contribution < 1.29 is 19.0 Å². The molecule has 1 aliphatic rings. The molecule has 8 nitrogen and oxygen atoms in total. The van der Waals surface area contributed by atoms with Crippen molar-refractivity contribution in [3.05, 3.63) is 44.6 Å². The maximum Gasteiger partial charge on any atom is 0.451 e. The molecule has 94 valence electrons. The Labute approximate surface area is 98.3 Å². The zero-order valence-corrected chi connectivity index (χ0v) is 9.11. The van der Waals surface area contributed by atoms with Gasteiger partial charge in [-0.25, -0.2) is 14.9 Å². The fraction of sp³-hybridized carbons (Fsp3) is 0.111. The van der Waals surface area contributed by atoms with Crippen LogP contribution in [0.25, 0.3) is 0 Å². The van der Waals surface area contributed by atoms with Crippen LogP contribution in [-0.2, 0) is 4.79 Å². The van der Waals surface area contributed by atoms with Crippen molar-refractivity contribution in [3.8, 4) is 0 Å². The number of hydrogen-bond donors (Lipinski definition) is 3. The molecule has 0 saturated heterocycles. The maximum absolute atomic E-state index is 13.1. The van der Waals surface area contributed by atoms with Crippen LogP contribution in [0.4, 0.5) is 9.18 Å². The lowest BCUT2D eigenvalue weighted by Crippen LogP contribution is -3.16. The van der Waals surface area contributed by atoms with Gasteiger partial charge in [-0.2, -0.15) is 4.39 Å². The molecule has 1 aromatic rings. The molecule has 1 unspecified atom stereocenters. The van der Waals surface area contributed by atoms with Crippen LogP contribution < -0.4 is 21.6 Å². The number of aromatic nitrogens is 2. The number of urea groups is 1. The first-order valence-electron chi connectivity index (χ1n) is 4.83. The Morgan fingerprint density at radius 3 is 2.61 bits per heavy atom. The van der Waals surface area contributed by atoms with Gasteiger partial charge >= 0.3 is 11.7 Å². The number of imide groups is 1. The van der Waals surface area contributed by atoms with E-state index in [1.807, 2.05) is 4.98 Å². The number of carbonyl (C=O) groups is 2. The first-order chi connectivity index (χ1) is 8.40. The summed E-state index contributed by atoms with van der Waals surface area (Å²) in [5.74, 6) is -2.36. The van der Waals surface area contributed by atoms with E-state index in [0.717, 1.165) is 10.9 Å². The minimum atomic E-state index is -1.19. The van der Waals surface area contributed by atoms with E-state index in [4.69, 9.17) is 0 Å². The van der Waals surface area contributed by atoms with E-state index >= 15 is 0 Å². The third kappa shape index (κ3) is 1.86. The molecule has 0 radical (unpaired) electrons. The molecule has 0 spiro atoms. The molecule has 2 rings (SSSR count). The number of aromatic amines is 1. The third-order valence-electron chi connectivity index (χ3n) is 2.32. The van der Waals surface area contributed by atoms with E-state index in [0.29, 0.717) is 6.20 Å². The molecule has 3 amide bonds. The van der Waals surface area contributed by atoms with Crippen LogP contribution in [0.1, 0.15) is 5.56 Å². The number of amides is 3. The van der Waals surface area contributed by atoms with E-state index in [1.165, 1.54) is 6.92 Å². The van der Waals surface area contributed by atoms with Gasteiger partial charge in [-0.3, -0.25) is 14.6 Å². The van der Waals surface area contributed by atoms with Gasteiger partial charge < -0.3 is 0 Å². The summed E-state index contributed by atoms with van der Waals surface area (Å²) >= 11 is 0. The molecule has 0 aliphatic carbocycles. The van der Waals surface area contributed by atoms with Crippen LogP contribution in [0.15, 0.2) is 27.8 Å². The summed E-state index contributed by atoms with van der Waals surface area (Å²) < 4.78 is 13.8. The average Bonchev–Trinajstić information content (AvgIpc) is 2.29. The third-order valence-corrected chi connectivity index (χ3v) is 2.32. The van der Waals surface area contributed by atoms with E-state index < -0.39 is 29.0 Å². The van der Waals surface area contributed by atoms with Crippen LogP contribution in [0.5, 0.6) is 0 Å². The lowest BCUT2D eigenvalue weighted by atomic mass is 10.4. The van der Waals surface area contributed by atoms with E-state index in [1.54, 1.807) is 5.32 Å². The Morgan fingerprint density at radius 2 is 1.94 bits per heavy atom. The highest BCUT2D eigenvalue weighted by atomic mass is 19.1. The number of nitrogens with zero attached hydrogens (tertiary/aromatic N) is 1. The summed E-state index contributed by atoms with van der Waals surface area (Å²) in [4.78, 5) is 46.9. The van der Waals surface area contributed by atoms with Gasteiger partial charge in [0.05, 0.1) is 6.20 Å². The summed E-state index contributed by atoms with van der Waals surface area (Å²) in [6.45, 7) is 1.42. The molecule has 0 saturated carbocycles. The number of quaternary nitrogens is 1. The number of halogens is 1. The van der Waals surface area contributed by atoms with Gasteiger partial charge in [0.1, 0.15) is 0 Å². The number of aryl methyl sites for hydroxylation is 1. The Kier molecular flexibility index (Phi) is 2.67. The fourth-order valence-corrected chi connectivity index (χ4v) is 1.40. The Morgan fingerprint density at radius 1 is 1.28 bits per heavy atom. The van der Waals surface area contributed by atoms with Gasteiger partial charge in [-0.05, 0) is 6.92 Å². The molecule has 0 fully saturated rings. The van der Waals surface area contributed by atoms with Crippen LogP contribution in [0.2, 0.25) is 0 Å². The van der Waals surface area contributed by atoms with Gasteiger partial charge in [0.25, 0.3) is 11.5 Å². The van der Waals surface area contributed by atoms with Gasteiger partial charge in [-0.1, -0.05) is 0 Å². The maximum atomic E-state index is 13.1. The predicted molar refractivity (Wildman–Crippen MR) is 55.2 cm³/mol. The van der Waals surface area contributed by atoms with Gasteiger partial charge in [0.15, 0.2) is 6.20 Å². The van der Waals surface area contributed by atoms with Crippen LogP contribution >= 0.6 is 0 Å². The van der Waals surface area contributed by atoms with Crippen LogP contribution in [0.3, 0.4) is 0 Å². The molecule has 1 aromatic heterocycles. The number of rotatable bonds is 1. The van der Waals surface area contributed by atoms with Gasteiger partial charge in [-0.15, -0.1) is 9.69 Å². The quantitative estimate of drug-likeness (QED) is 0.518. The van der Waals surface area contributed by atoms with E-state index in [-0.39, 0.29) is 10.6 Å². The van der Waals surface area contributed by atoms with Crippen molar-refractivity contribution in [1.29, 1.82) is 0 Å². The lowest BCUT2D eigenvalue weighted by molar-refractivity contribution is -0.813. The number of nitrogens with one attached hydrogen (secondary N) is 3. The summed E-state index contributed by atoms with van der Waals surface area (Å²) in [5.41, 5.74) is -1.33. The van der Waals surface area contributed by atoms with Crippen molar-refractivity contribution in [1.82, 2.24) is 15.0 Å². The monoisotopic (exact) mass is 255 g/mol. The molecule has 0 bridgehead atoms. The fourth-order valence-electron chi connectivity index (χ4n) is 1.40. The SMILES string of the molecule is Cc1cn([NH+]2C=C(F)C(=O)NC2=O)c(=O)[nH]c1=O. The zero-order valence-electron chi connectivity index (χ0n) is 9.11. The highest BCUT2D eigenvalue weighted by Crippen LogP contribution is 1.94. The minimum absolute atomic E-state index is 0.167. The normalized spacial score (nSPS) is 19.4. The van der Waals surface area contributed by atoms with Crippen molar-refractivity contribution in [2.45, 2.75) is 6.92 Å². The van der Waals surface area contributed by atoms with Crippen LogP contribution in [0, 0.1) is 6.92 Å². The molecular formula is C9H8FN4O4+. The molecule has 1 aliphatic heterocycles. The smallest absolute Gasteiger partial charge is 0.270 e. The summed E-state index contributed by atoms with van der Waals surface area (Å²) in [6, 6.07) is -0.921. The zero-order chi connectivity index (χ0) is 13.4. The predicted octanol–water partition coefficient (Wildman–Crippen LogP) is -2.45. The van der Waals surface area contributed by atoms with Crippen molar-refractivity contribution in [2.24, 2.45) is 0 Å². The van der Waals surface area contributed by atoms with Crippen molar-refractivity contribution in [3.63, 3.8) is 0 Å². The first-order valence-corrected chi connectivity index (χ1v) is 4.83. The molecule has 0 aromatic carbocycles. The van der Waals surface area contributed by atoms with E-state index in [9.17, 15) is 23.6 Å². The summed E-state index contributed by atoms with van der Waals surface area (Å²) in [7, 11) is 0. The number of carbonyl (C=O) groups excluding carboxylic acids is 2. The van der Waals surface area contributed by atoms with Crippen molar-refractivity contribution in [2.75, 3.05) is 0 Å². The highest BCUT2D eigenvalue weighted by Gasteiger charge is 2.32. The molecule has 1 atom stereocenters. The topological polar surface area (TPSA) is 105 Å². The second-order valence-electron chi connectivity index (χ2n) is 3.60. The molecule has 3 N–H and O–H groups in total. The lowest BCUT2D eigenvalue weighted by Gasteiger charge is -2.16. The molecule has 9 heteroatoms. The van der Waals surface area contributed by atoms with Crippen LogP contribution in [-0.4, -0.2) is 21.6 Å². The minimum Gasteiger partial charge on any atom is -0.270 e. The molecule has 2 heterocycles. The molecular weight excluding hydrogens is 247 g/mol. The first kappa shape index (κ1) is 11.9. The average molecular weight is 255 g/mol. The number of H-pyrrole nitrogens is 1. The summed E-state index contributed by atoms with van der Waals surface area (Å²) in [6.07, 6.45) is 1.73. The number of hydrogen-bond acceptors (Lipinski definition) is 4. The second-order valence-corrected chi connectivity index (χ2v) is 3.60. The Bertz CT molecular complexity index is 687. The largest absolute Gasteiger partial charge is 0.451 e.